The molecule has 0 aliphatic rings. The molecule has 3 aromatic rings. The van der Waals surface area contributed by atoms with Gasteiger partial charge in [0, 0.05) is 12.6 Å². The van der Waals surface area contributed by atoms with Gasteiger partial charge in [-0.2, -0.15) is 0 Å². The van der Waals surface area contributed by atoms with Gasteiger partial charge in [0.25, 0.3) is 10.0 Å². The third-order valence-electron chi connectivity index (χ3n) is 6.70. The molecule has 0 aromatic heterocycles. The van der Waals surface area contributed by atoms with Gasteiger partial charge in [0.05, 0.1) is 10.6 Å². The van der Waals surface area contributed by atoms with Crippen molar-refractivity contribution in [2.45, 2.75) is 72.0 Å². The fourth-order valence-corrected chi connectivity index (χ4v) is 5.65. The van der Waals surface area contributed by atoms with Crippen LogP contribution in [-0.2, 0) is 26.2 Å². The van der Waals surface area contributed by atoms with Crippen molar-refractivity contribution in [3.63, 3.8) is 0 Å². The predicted octanol–water partition coefficient (Wildman–Crippen LogP) is 5.06. The van der Waals surface area contributed by atoms with Crippen molar-refractivity contribution in [2.75, 3.05) is 10.8 Å². The van der Waals surface area contributed by atoms with E-state index in [1.807, 2.05) is 71.9 Å². The van der Waals surface area contributed by atoms with Gasteiger partial charge in [-0.25, -0.2) is 8.42 Å². The van der Waals surface area contributed by atoms with E-state index in [4.69, 9.17) is 0 Å². The monoisotopic (exact) mass is 549 g/mol. The van der Waals surface area contributed by atoms with Crippen LogP contribution in [0.1, 0.15) is 48.6 Å². The van der Waals surface area contributed by atoms with Crippen LogP contribution in [0.25, 0.3) is 0 Å². The summed E-state index contributed by atoms with van der Waals surface area (Å²) in [7, 11) is -4.09. The Morgan fingerprint density at radius 1 is 0.821 bits per heavy atom. The Balaban J connectivity index is 2.06. The average molecular weight is 550 g/mol. The number of benzene rings is 3. The van der Waals surface area contributed by atoms with Gasteiger partial charge in [0.1, 0.15) is 12.6 Å². The first-order valence-electron chi connectivity index (χ1n) is 13.1. The van der Waals surface area contributed by atoms with Crippen molar-refractivity contribution in [2.24, 2.45) is 0 Å². The van der Waals surface area contributed by atoms with Gasteiger partial charge in [0.15, 0.2) is 0 Å². The highest BCUT2D eigenvalue weighted by Crippen LogP contribution is 2.27. The van der Waals surface area contributed by atoms with Crippen LogP contribution in [0.4, 0.5) is 5.69 Å². The van der Waals surface area contributed by atoms with Crippen LogP contribution in [0.2, 0.25) is 0 Å². The molecule has 8 heteroatoms. The number of sulfonamides is 1. The smallest absolute Gasteiger partial charge is 0.264 e. The standard InChI is InChI=1S/C31H39N3O4S/c1-21(2)32-31(36)26(7)33(19-27-10-8-9-23(4)17-27)30(35)20-34(28-14-13-24(5)25(6)18-28)39(37,38)29-15-11-22(3)12-16-29/h8-18,21,26H,19-20H2,1-7H3,(H,32,36)/t26-/m1/s1. The number of aryl methyl sites for hydroxylation is 4. The highest BCUT2D eigenvalue weighted by atomic mass is 32.2. The van der Waals surface area contributed by atoms with Crippen molar-refractivity contribution >= 4 is 27.5 Å². The molecule has 0 fully saturated rings. The number of carbonyl (C=O) groups excluding carboxylic acids is 2. The molecule has 0 aliphatic carbocycles. The number of hydrogen-bond donors (Lipinski definition) is 1. The second-order valence-corrected chi connectivity index (χ2v) is 12.3. The van der Waals surface area contributed by atoms with E-state index in [1.54, 1.807) is 43.3 Å². The van der Waals surface area contributed by atoms with E-state index in [9.17, 15) is 18.0 Å². The van der Waals surface area contributed by atoms with E-state index in [0.29, 0.717) is 5.69 Å². The van der Waals surface area contributed by atoms with Gasteiger partial charge in [-0.3, -0.25) is 13.9 Å². The van der Waals surface area contributed by atoms with Crippen LogP contribution < -0.4 is 9.62 Å². The van der Waals surface area contributed by atoms with Crippen molar-refractivity contribution in [1.29, 1.82) is 0 Å². The topological polar surface area (TPSA) is 86.8 Å². The van der Waals surface area contributed by atoms with Gasteiger partial charge in [-0.1, -0.05) is 53.6 Å². The normalized spacial score (nSPS) is 12.2. The summed E-state index contributed by atoms with van der Waals surface area (Å²) >= 11 is 0. The van der Waals surface area contributed by atoms with E-state index < -0.39 is 28.5 Å². The molecule has 3 aromatic carbocycles. The van der Waals surface area contributed by atoms with Crippen LogP contribution >= 0.6 is 0 Å². The first-order valence-corrected chi connectivity index (χ1v) is 14.6. The molecular weight excluding hydrogens is 510 g/mol. The maximum atomic E-state index is 14.0. The van der Waals surface area contributed by atoms with Crippen LogP contribution in [0.3, 0.4) is 0 Å². The summed E-state index contributed by atoms with van der Waals surface area (Å²) < 4.78 is 29.0. The summed E-state index contributed by atoms with van der Waals surface area (Å²) in [6, 6.07) is 18.7. The quantitative estimate of drug-likeness (QED) is 0.383. The Kier molecular flexibility index (Phi) is 9.56. The molecule has 0 heterocycles. The summed E-state index contributed by atoms with van der Waals surface area (Å²) in [5, 5.41) is 2.87. The SMILES string of the molecule is Cc1ccc(S(=O)(=O)N(CC(=O)N(Cc2cccc(C)c2)[C@H](C)C(=O)NC(C)C)c2ccc(C)c(C)c2)cc1. The lowest BCUT2D eigenvalue weighted by atomic mass is 10.1. The molecule has 2 amide bonds. The van der Waals surface area contributed by atoms with Crippen molar-refractivity contribution in [3.8, 4) is 0 Å². The first kappa shape index (κ1) is 29.9. The maximum absolute atomic E-state index is 14.0. The molecule has 39 heavy (non-hydrogen) atoms. The predicted molar refractivity (Wildman–Crippen MR) is 156 cm³/mol. The number of nitrogens with zero attached hydrogens (tertiary/aromatic N) is 2. The summed E-state index contributed by atoms with van der Waals surface area (Å²) in [6.45, 7) is 12.8. The fraction of sp³-hybridized carbons (Fsp3) is 0.355. The minimum absolute atomic E-state index is 0.0926. The van der Waals surface area contributed by atoms with Crippen molar-refractivity contribution < 1.29 is 18.0 Å². The second-order valence-electron chi connectivity index (χ2n) is 10.4. The van der Waals surface area contributed by atoms with Crippen LogP contribution in [0, 0.1) is 27.7 Å². The van der Waals surface area contributed by atoms with Crippen molar-refractivity contribution in [3.05, 3.63) is 94.5 Å². The Labute approximate surface area is 232 Å². The summed E-state index contributed by atoms with van der Waals surface area (Å²) in [5.41, 5.74) is 5.12. The number of rotatable bonds is 10. The molecule has 0 bridgehead atoms. The number of hydrogen-bond acceptors (Lipinski definition) is 4. The van der Waals surface area contributed by atoms with Gasteiger partial charge < -0.3 is 10.2 Å². The molecule has 7 nitrogen and oxygen atoms in total. The molecule has 1 atom stereocenters. The zero-order valence-electron chi connectivity index (χ0n) is 23.9. The Morgan fingerprint density at radius 2 is 1.49 bits per heavy atom. The molecule has 0 radical (unpaired) electrons. The van der Waals surface area contributed by atoms with E-state index >= 15 is 0 Å². The third-order valence-corrected chi connectivity index (χ3v) is 8.49. The first-order chi connectivity index (χ1) is 18.3. The van der Waals surface area contributed by atoms with E-state index in [2.05, 4.69) is 5.32 Å². The summed E-state index contributed by atoms with van der Waals surface area (Å²) in [4.78, 5) is 28.5. The molecule has 3 rings (SSSR count). The minimum atomic E-state index is -4.09. The Hall–Kier alpha value is -3.65. The zero-order chi connectivity index (χ0) is 28.9. The zero-order valence-corrected chi connectivity index (χ0v) is 24.7. The Bertz CT molecular complexity index is 1430. The number of carbonyl (C=O) groups is 2. The van der Waals surface area contributed by atoms with Crippen LogP contribution in [0.15, 0.2) is 71.6 Å². The fourth-order valence-electron chi connectivity index (χ4n) is 4.24. The minimum Gasteiger partial charge on any atom is -0.352 e. The third kappa shape index (κ3) is 7.47. The molecule has 0 aliphatic heterocycles. The van der Waals surface area contributed by atoms with Crippen LogP contribution in [0.5, 0.6) is 0 Å². The molecule has 208 valence electrons. The summed E-state index contributed by atoms with van der Waals surface area (Å²) in [5.74, 6) is -0.776. The van der Waals surface area contributed by atoms with E-state index in [1.165, 1.54) is 4.90 Å². The lowest BCUT2D eigenvalue weighted by Gasteiger charge is -2.32. The number of amides is 2. The highest BCUT2D eigenvalue weighted by molar-refractivity contribution is 7.92. The van der Waals surface area contributed by atoms with E-state index in [-0.39, 0.29) is 23.4 Å². The molecule has 0 unspecified atom stereocenters. The average Bonchev–Trinajstić information content (AvgIpc) is 2.87. The Morgan fingerprint density at radius 3 is 2.08 bits per heavy atom. The van der Waals surface area contributed by atoms with E-state index in [0.717, 1.165) is 32.1 Å². The highest BCUT2D eigenvalue weighted by Gasteiger charge is 2.32. The van der Waals surface area contributed by atoms with Gasteiger partial charge in [-0.15, -0.1) is 0 Å². The second kappa shape index (κ2) is 12.5. The molecule has 1 N–H and O–H groups in total. The van der Waals surface area contributed by atoms with Gasteiger partial charge in [-0.05, 0) is 89.4 Å². The molecular formula is C31H39N3O4S. The lowest BCUT2D eigenvalue weighted by molar-refractivity contribution is -0.139. The maximum Gasteiger partial charge on any atom is 0.264 e. The van der Waals surface area contributed by atoms with Gasteiger partial charge >= 0.3 is 0 Å². The number of nitrogens with one attached hydrogen (secondary N) is 1. The lowest BCUT2D eigenvalue weighted by Crippen LogP contribution is -2.52. The van der Waals surface area contributed by atoms with Crippen molar-refractivity contribution in [1.82, 2.24) is 10.2 Å². The van der Waals surface area contributed by atoms with Gasteiger partial charge in [0.2, 0.25) is 11.8 Å². The molecule has 0 spiro atoms. The van der Waals surface area contributed by atoms with Crippen LogP contribution in [-0.4, -0.2) is 43.8 Å². The molecule has 0 saturated carbocycles. The number of anilines is 1. The largest absolute Gasteiger partial charge is 0.352 e. The molecule has 0 saturated heterocycles. The summed E-state index contributed by atoms with van der Waals surface area (Å²) in [6.07, 6.45) is 0.